The topological polar surface area (TPSA) is 50.7 Å². The van der Waals surface area contributed by atoms with Crippen LogP contribution in [0.1, 0.15) is 6.92 Å². The van der Waals surface area contributed by atoms with Gasteiger partial charge in [-0.2, -0.15) is 0 Å². The minimum atomic E-state index is 0.103. The SMILES string of the molecule is CC1(CNCCOCCO)COC1. The second-order valence-corrected chi connectivity index (χ2v) is 3.82. The van der Waals surface area contributed by atoms with Gasteiger partial charge in [0.25, 0.3) is 0 Å². The minimum absolute atomic E-state index is 0.103. The lowest BCUT2D eigenvalue weighted by Gasteiger charge is -2.38. The van der Waals surface area contributed by atoms with E-state index in [1.807, 2.05) is 0 Å². The van der Waals surface area contributed by atoms with Gasteiger partial charge in [-0.15, -0.1) is 0 Å². The summed E-state index contributed by atoms with van der Waals surface area (Å²) in [5.41, 5.74) is 0.330. The second-order valence-electron chi connectivity index (χ2n) is 3.82. The molecule has 0 aromatic rings. The Morgan fingerprint density at radius 1 is 1.46 bits per heavy atom. The van der Waals surface area contributed by atoms with Crippen LogP contribution in [0, 0.1) is 5.41 Å². The number of aliphatic hydroxyl groups excluding tert-OH is 1. The molecule has 1 heterocycles. The summed E-state index contributed by atoms with van der Waals surface area (Å²) in [5, 5.41) is 11.7. The molecule has 0 saturated carbocycles. The highest BCUT2D eigenvalue weighted by Crippen LogP contribution is 2.24. The van der Waals surface area contributed by atoms with Crippen LogP contribution >= 0.6 is 0 Å². The first-order valence-corrected chi connectivity index (χ1v) is 4.74. The van der Waals surface area contributed by atoms with Crippen molar-refractivity contribution < 1.29 is 14.6 Å². The summed E-state index contributed by atoms with van der Waals surface area (Å²) >= 11 is 0. The highest BCUT2D eigenvalue weighted by Gasteiger charge is 2.32. The van der Waals surface area contributed by atoms with Crippen LogP contribution in [0.5, 0.6) is 0 Å². The molecular formula is C9H19NO3. The van der Waals surface area contributed by atoms with E-state index in [0.29, 0.717) is 18.6 Å². The summed E-state index contributed by atoms with van der Waals surface area (Å²) in [6.45, 7) is 6.95. The van der Waals surface area contributed by atoms with Crippen LogP contribution < -0.4 is 5.32 Å². The van der Waals surface area contributed by atoms with Crippen molar-refractivity contribution in [2.75, 3.05) is 46.1 Å². The molecule has 0 amide bonds. The van der Waals surface area contributed by atoms with Crippen molar-refractivity contribution in [3.63, 3.8) is 0 Å². The summed E-state index contributed by atoms with van der Waals surface area (Å²) in [6, 6.07) is 0. The Kier molecular flexibility index (Phi) is 4.66. The van der Waals surface area contributed by atoms with Crippen molar-refractivity contribution >= 4 is 0 Å². The molecule has 0 aromatic carbocycles. The average molecular weight is 189 g/mol. The summed E-state index contributed by atoms with van der Waals surface area (Å²) in [7, 11) is 0. The molecule has 1 aliphatic rings. The largest absolute Gasteiger partial charge is 0.394 e. The van der Waals surface area contributed by atoms with Gasteiger partial charge in [-0.1, -0.05) is 6.92 Å². The zero-order valence-electron chi connectivity index (χ0n) is 8.21. The van der Waals surface area contributed by atoms with Crippen LogP contribution in [0.25, 0.3) is 0 Å². The monoisotopic (exact) mass is 189 g/mol. The van der Waals surface area contributed by atoms with E-state index >= 15 is 0 Å². The fraction of sp³-hybridized carbons (Fsp3) is 1.00. The number of hydrogen-bond donors (Lipinski definition) is 2. The molecule has 0 unspecified atom stereocenters. The van der Waals surface area contributed by atoms with E-state index in [1.165, 1.54) is 0 Å². The second kappa shape index (κ2) is 5.54. The first-order chi connectivity index (χ1) is 6.27. The Hall–Kier alpha value is -0.160. The lowest BCUT2D eigenvalue weighted by atomic mass is 9.89. The lowest BCUT2D eigenvalue weighted by molar-refractivity contribution is -0.0993. The molecule has 0 radical (unpaired) electrons. The Morgan fingerprint density at radius 3 is 2.77 bits per heavy atom. The van der Waals surface area contributed by atoms with Gasteiger partial charge in [-0.05, 0) is 0 Å². The Balaban J connectivity index is 1.83. The molecule has 4 nitrogen and oxygen atoms in total. The van der Waals surface area contributed by atoms with Gasteiger partial charge in [0, 0.05) is 18.5 Å². The van der Waals surface area contributed by atoms with Gasteiger partial charge < -0.3 is 19.9 Å². The van der Waals surface area contributed by atoms with Gasteiger partial charge in [0.05, 0.1) is 33.0 Å². The molecule has 0 aromatic heterocycles. The Bertz CT molecular complexity index is 137. The molecule has 0 bridgehead atoms. The standard InChI is InChI=1S/C9H19NO3/c1-9(7-13-8-9)6-10-2-4-12-5-3-11/h10-11H,2-8H2,1H3. The predicted molar refractivity (Wildman–Crippen MR) is 49.7 cm³/mol. The normalized spacial score (nSPS) is 19.8. The fourth-order valence-corrected chi connectivity index (χ4v) is 1.25. The summed E-state index contributed by atoms with van der Waals surface area (Å²) in [6.07, 6.45) is 0. The molecule has 0 atom stereocenters. The first kappa shape index (κ1) is 10.9. The van der Waals surface area contributed by atoms with E-state index in [0.717, 1.165) is 26.3 Å². The molecule has 0 aliphatic carbocycles. The minimum Gasteiger partial charge on any atom is -0.394 e. The van der Waals surface area contributed by atoms with Gasteiger partial charge in [0.1, 0.15) is 0 Å². The van der Waals surface area contributed by atoms with E-state index in [-0.39, 0.29) is 6.61 Å². The number of nitrogens with one attached hydrogen (secondary N) is 1. The van der Waals surface area contributed by atoms with Gasteiger partial charge in [-0.3, -0.25) is 0 Å². The zero-order valence-corrected chi connectivity index (χ0v) is 8.21. The molecular weight excluding hydrogens is 170 g/mol. The third-order valence-corrected chi connectivity index (χ3v) is 2.11. The average Bonchev–Trinajstić information content (AvgIpc) is 2.08. The van der Waals surface area contributed by atoms with Gasteiger partial charge >= 0.3 is 0 Å². The smallest absolute Gasteiger partial charge is 0.0698 e. The van der Waals surface area contributed by atoms with Crippen LogP contribution in [0.4, 0.5) is 0 Å². The Labute approximate surface area is 79.2 Å². The first-order valence-electron chi connectivity index (χ1n) is 4.74. The molecule has 1 rings (SSSR count). The third kappa shape index (κ3) is 4.04. The molecule has 1 aliphatic heterocycles. The fourth-order valence-electron chi connectivity index (χ4n) is 1.25. The van der Waals surface area contributed by atoms with Crippen LogP contribution in [0.2, 0.25) is 0 Å². The van der Waals surface area contributed by atoms with Crippen LogP contribution in [0.3, 0.4) is 0 Å². The van der Waals surface area contributed by atoms with Crippen molar-refractivity contribution in [1.29, 1.82) is 0 Å². The van der Waals surface area contributed by atoms with Crippen LogP contribution in [-0.2, 0) is 9.47 Å². The molecule has 4 heteroatoms. The van der Waals surface area contributed by atoms with E-state index in [9.17, 15) is 0 Å². The van der Waals surface area contributed by atoms with Gasteiger partial charge in [0.2, 0.25) is 0 Å². The molecule has 78 valence electrons. The molecule has 13 heavy (non-hydrogen) atoms. The number of hydrogen-bond acceptors (Lipinski definition) is 4. The zero-order chi connectivity index (χ0) is 9.57. The predicted octanol–water partition coefficient (Wildman–Crippen LogP) is -0.379. The lowest BCUT2D eigenvalue weighted by Crippen LogP contribution is -2.47. The molecule has 0 spiro atoms. The number of rotatable bonds is 7. The van der Waals surface area contributed by atoms with Crippen molar-refractivity contribution in [3.8, 4) is 0 Å². The van der Waals surface area contributed by atoms with E-state index in [2.05, 4.69) is 12.2 Å². The third-order valence-electron chi connectivity index (χ3n) is 2.11. The highest BCUT2D eigenvalue weighted by molar-refractivity contribution is 4.82. The summed E-state index contributed by atoms with van der Waals surface area (Å²) in [5.74, 6) is 0. The highest BCUT2D eigenvalue weighted by atomic mass is 16.5. The summed E-state index contributed by atoms with van der Waals surface area (Å²) < 4.78 is 10.2. The van der Waals surface area contributed by atoms with Crippen molar-refractivity contribution in [2.24, 2.45) is 5.41 Å². The summed E-state index contributed by atoms with van der Waals surface area (Å²) in [4.78, 5) is 0. The van der Waals surface area contributed by atoms with Crippen molar-refractivity contribution in [2.45, 2.75) is 6.92 Å². The Morgan fingerprint density at radius 2 is 2.23 bits per heavy atom. The van der Waals surface area contributed by atoms with Crippen LogP contribution in [-0.4, -0.2) is 51.2 Å². The van der Waals surface area contributed by atoms with Gasteiger partial charge in [0.15, 0.2) is 0 Å². The quantitative estimate of drug-likeness (QED) is 0.536. The molecule has 2 N–H and O–H groups in total. The van der Waals surface area contributed by atoms with Crippen molar-refractivity contribution in [1.82, 2.24) is 5.32 Å². The van der Waals surface area contributed by atoms with E-state index < -0.39 is 0 Å². The van der Waals surface area contributed by atoms with Gasteiger partial charge in [-0.25, -0.2) is 0 Å². The maximum absolute atomic E-state index is 8.44. The van der Waals surface area contributed by atoms with E-state index in [1.54, 1.807) is 0 Å². The molecule has 1 saturated heterocycles. The maximum Gasteiger partial charge on any atom is 0.0698 e. The number of aliphatic hydroxyl groups is 1. The van der Waals surface area contributed by atoms with E-state index in [4.69, 9.17) is 14.6 Å². The van der Waals surface area contributed by atoms with Crippen molar-refractivity contribution in [3.05, 3.63) is 0 Å². The maximum atomic E-state index is 8.44. The molecule has 1 fully saturated rings. The number of ether oxygens (including phenoxy) is 2. The van der Waals surface area contributed by atoms with Crippen LogP contribution in [0.15, 0.2) is 0 Å².